The summed E-state index contributed by atoms with van der Waals surface area (Å²) < 4.78 is 1.74. The zero-order valence-corrected chi connectivity index (χ0v) is 17.3. The zero-order valence-electron chi connectivity index (χ0n) is 16.2. The number of hydrogen-bond donors (Lipinski definition) is 0. The molecule has 4 heteroatoms. The standard InChI is InChI=1S/C21H15N2O.C5H5.Fe/c24-15-19-14-23(20-8-2-1-3-9-20)22-21(19)18-12-10-17(11-13-18)16-6-4-5-7-16;1-2-4-5-3-1;/h1-15H;1-5H;/q;;+2. The van der Waals surface area contributed by atoms with Crippen molar-refractivity contribution in [3.8, 4) is 16.9 Å². The molecule has 0 saturated heterocycles. The van der Waals surface area contributed by atoms with Crippen molar-refractivity contribution in [2.75, 3.05) is 0 Å². The van der Waals surface area contributed by atoms with Crippen molar-refractivity contribution >= 4 is 6.29 Å². The zero-order chi connectivity index (χ0) is 19.9. The van der Waals surface area contributed by atoms with Crippen LogP contribution in [-0.4, -0.2) is 16.1 Å². The summed E-state index contributed by atoms with van der Waals surface area (Å²) in [6.45, 7) is 0. The Bertz CT molecular complexity index is 900. The SMILES string of the molecule is O=Cc1cn(-c2ccccc2)nc1-c1ccc([C]2[CH][CH][CH][CH]2)cc1.[CH]1[CH][CH][CH][CH]1.[Fe+2]. The molecule has 30 heavy (non-hydrogen) atoms. The molecule has 2 saturated carbocycles. The molecule has 0 atom stereocenters. The van der Waals surface area contributed by atoms with Crippen molar-refractivity contribution in [2.45, 2.75) is 0 Å². The molecule has 0 unspecified atom stereocenters. The maximum Gasteiger partial charge on any atom is 2.00 e. The Hall–Kier alpha value is -2.16. The number of aromatic nitrogens is 2. The second kappa shape index (κ2) is 11.3. The van der Waals surface area contributed by atoms with E-state index in [0.29, 0.717) is 11.3 Å². The third kappa shape index (κ3) is 5.50. The van der Waals surface area contributed by atoms with Crippen LogP contribution in [0, 0.1) is 63.7 Å². The molecule has 10 radical (unpaired) electrons. The van der Waals surface area contributed by atoms with Crippen molar-refractivity contribution in [1.82, 2.24) is 9.78 Å². The van der Waals surface area contributed by atoms with Gasteiger partial charge in [-0.15, -0.1) is 0 Å². The molecule has 0 aliphatic heterocycles. The fourth-order valence-corrected chi connectivity index (χ4v) is 3.12. The predicted octanol–water partition coefficient (Wildman–Crippen LogP) is 5.12. The van der Waals surface area contributed by atoms with Crippen molar-refractivity contribution in [3.05, 3.63) is 136 Å². The van der Waals surface area contributed by atoms with Gasteiger partial charge in [0.1, 0.15) is 5.69 Å². The molecular weight excluding hydrogens is 412 g/mol. The number of rotatable bonds is 4. The fraction of sp³-hybridized carbons (Fsp3) is 0. The van der Waals surface area contributed by atoms with Crippen molar-refractivity contribution < 1.29 is 21.9 Å². The molecular formula is C26H20FeN2O+2. The normalized spacial score (nSPS) is 15.9. The van der Waals surface area contributed by atoms with Crippen LogP contribution in [0.1, 0.15) is 15.9 Å². The Kier molecular flexibility index (Phi) is 8.48. The molecule has 146 valence electrons. The maximum atomic E-state index is 11.4. The van der Waals surface area contributed by atoms with E-state index in [4.69, 9.17) is 0 Å². The minimum Gasteiger partial charge on any atom is -0.298 e. The van der Waals surface area contributed by atoms with Gasteiger partial charge in [0.05, 0.1) is 11.3 Å². The summed E-state index contributed by atoms with van der Waals surface area (Å²) in [5.74, 6) is 1.19. The Balaban J connectivity index is 0.000000376. The largest absolute Gasteiger partial charge is 2.00 e. The summed E-state index contributed by atoms with van der Waals surface area (Å²) in [6, 6.07) is 17.9. The predicted molar refractivity (Wildman–Crippen MR) is 115 cm³/mol. The molecule has 0 N–H and O–H groups in total. The Morgan fingerprint density at radius 1 is 0.700 bits per heavy atom. The van der Waals surface area contributed by atoms with Crippen molar-refractivity contribution in [1.29, 1.82) is 0 Å². The van der Waals surface area contributed by atoms with Crippen LogP contribution in [0.5, 0.6) is 0 Å². The number of hydrogen-bond acceptors (Lipinski definition) is 2. The molecule has 2 aromatic carbocycles. The van der Waals surface area contributed by atoms with E-state index in [0.717, 1.165) is 23.1 Å². The molecule has 1 heterocycles. The summed E-state index contributed by atoms with van der Waals surface area (Å²) in [4.78, 5) is 11.4. The van der Waals surface area contributed by atoms with E-state index in [1.54, 1.807) is 10.9 Å². The van der Waals surface area contributed by atoms with Gasteiger partial charge in [-0.3, -0.25) is 4.79 Å². The minimum absolute atomic E-state index is 0. The van der Waals surface area contributed by atoms with Crippen LogP contribution in [-0.2, 0) is 17.1 Å². The van der Waals surface area contributed by atoms with Gasteiger partial charge >= 0.3 is 17.1 Å². The van der Waals surface area contributed by atoms with E-state index in [1.165, 1.54) is 5.92 Å². The first-order valence-corrected chi connectivity index (χ1v) is 9.44. The quantitative estimate of drug-likeness (QED) is 0.424. The molecule has 3 nitrogen and oxygen atoms in total. The second-order valence-corrected chi connectivity index (χ2v) is 6.54. The summed E-state index contributed by atoms with van der Waals surface area (Å²) in [7, 11) is 0. The fourth-order valence-electron chi connectivity index (χ4n) is 3.12. The minimum atomic E-state index is 0. The van der Waals surface area contributed by atoms with Gasteiger partial charge in [-0.05, 0) is 75.5 Å². The molecule has 0 bridgehead atoms. The van der Waals surface area contributed by atoms with Crippen LogP contribution in [0.4, 0.5) is 0 Å². The van der Waals surface area contributed by atoms with Gasteiger partial charge in [-0.25, -0.2) is 4.68 Å². The van der Waals surface area contributed by atoms with Gasteiger partial charge in [-0.2, -0.15) is 5.10 Å². The number of benzene rings is 2. The molecule has 3 aromatic rings. The number of aldehydes is 1. The van der Waals surface area contributed by atoms with Gasteiger partial charge in [-0.1, -0.05) is 42.5 Å². The first kappa shape index (κ1) is 22.5. The third-order valence-corrected chi connectivity index (χ3v) is 4.60. The molecule has 2 fully saturated rings. The van der Waals surface area contributed by atoms with Crippen LogP contribution in [0.3, 0.4) is 0 Å². The summed E-state index contributed by atoms with van der Waals surface area (Å²) in [6.07, 6.45) is 20.8. The van der Waals surface area contributed by atoms with E-state index in [9.17, 15) is 4.79 Å². The number of nitrogens with zero attached hydrogens (tertiary/aromatic N) is 2. The van der Waals surface area contributed by atoms with E-state index >= 15 is 0 Å². The van der Waals surface area contributed by atoms with Gasteiger partial charge in [0.15, 0.2) is 6.29 Å². The van der Waals surface area contributed by atoms with E-state index in [1.807, 2.05) is 87.4 Å². The molecule has 5 rings (SSSR count). The Morgan fingerprint density at radius 2 is 1.27 bits per heavy atom. The Morgan fingerprint density at radius 3 is 1.83 bits per heavy atom. The van der Waals surface area contributed by atoms with Gasteiger partial charge in [0.25, 0.3) is 0 Å². The molecule has 0 spiro atoms. The average molecular weight is 432 g/mol. The van der Waals surface area contributed by atoms with Gasteiger partial charge in [0, 0.05) is 17.7 Å². The summed E-state index contributed by atoms with van der Waals surface area (Å²) in [5.41, 5.74) is 4.30. The van der Waals surface area contributed by atoms with Crippen molar-refractivity contribution in [2.24, 2.45) is 0 Å². The first-order valence-electron chi connectivity index (χ1n) is 9.44. The summed E-state index contributed by atoms with van der Waals surface area (Å²) >= 11 is 0. The van der Waals surface area contributed by atoms with Crippen LogP contribution in [0.15, 0.2) is 60.8 Å². The average Bonchev–Trinajstić information content (AvgIpc) is 3.57. The monoisotopic (exact) mass is 432 g/mol. The smallest absolute Gasteiger partial charge is 0.298 e. The van der Waals surface area contributed by atoms with E-state index in [2.05, 4.69) is 30.1 Å². The van der Waals surface area contributed by atoms with Gasteiger partial charge < -0.3 is 0 Å². The third-order valence-electron chi connectivity index (χ3n) is 4.60. The van der Waals surface area contributed by atoms with E-state index in [-0.39, 0.29) is 17.1 Å². The Labute approximate surface area is 190 Å². The number of para-hydroxylation sites is 1. The molecule has 2 aliphatic carbocycles. The number of carbonyl (C=O) groups excluding carboxylic acids is 1. The topological polar surface area (TPSA) is 34.9 Å². The van der Waals surface area contributed by atoms with Crippen LogP contribution in [0.2, 0.25) is 0 Å². The van der Waals surface area contributed by atoms with Crippen LogP contribution >= 0.6 is 0 Å². The molecule has 2 aliphatic rings. The van der Waals surface area contributed by atoms with Gasteiger partial charge in [0.2, 0.25) is 0 Å². The number of carbonyl (C=O) groups is 1. The van der Waals surface area contributed by atoms with Crippen molar-refractivity contribution in [3.63, 3.8) is 0 Å². The van der Waals surface area contributed by atoms with E-state index < -0.39 is 0 Å². The van der Waals surface area contributed by atoms with Crippen LogP contribution < -0.4 is 0 Å². The molecule has 1 aromatic heterocycles. The maximum absolute atomic E-state index is 11.4. The summed E-state index contributed by atoms with van der Waals surface area (Å²) in [5, 5.41) is 4.60. The van der Waals surface area contributed by atoms with Crippen LogP contribution in [0.25, 0.3) is 16.9 Å². The first-order chi connectivity index (χ1) is 14.3. The molecule has 0 amide bonds. The second-order valence-electron chi connectivity index (χ2n) is 6.54.